The summed E-state index contributed by atoms with van der Waals surface area (Å²) in [7, 11) is -3.82. The lowest BCUT2D eigenvalue weighted by molar-refractivity contribution is -0.384. The molecular weight excluding hydrogens is 415 g/mol. The summed E-state index contributed by atoms with van der Waals surface area (Å²) in [6.45, 7) is 0.485. The van der Waals surface area contributed by atoms with Gasteiger partial charge in [-0.05, 0) is 49.2 Å². The molecule has 0 unspecified atom stereocenters. The normalized spacial score (nSPS) is 17.7. The monoisotopic (exact) mass is 432 g/mol. The standard InChI is InChI=1S/C19H17FN4O5S/c20-15-5-3-13(4-6-15)18-21-19(29-22-18)14-2-1-11-23(12-14)30(27,28)17-9-7-16(8-10-17)24(25)26/h3-10,14H,1-2,11-12H2/t14-/m1/s1. The lowest BCUT2D eigenvalue weighted by Crippen LogP contribution is -2.39. The van der Waals surface area contributed by atoms with E-state index in [4.69, 9.17) is 4.52 Å². The molecule has 1 saturated heterocycles. The highest BCUT2D eigenvalue weighted by Crippen LogP contribution is 2.31. The van der Waals surface area contributed by atoms with Gasteiger partial charge >= 0.3 is 0 Å². The van der Waals surface area contributed by atoms with Crippen LogP contribution in [-0.2, 0) is 10.0 Å². The van der Waals surface area contributed by atoms with Crippen LogP contribution in [0.3, 0.4) is 0 Å². The number of sulfonamides is 1. The van der Waals surface area contributed by atoms with Gasteiger partial charge in [0.15, 0.2) is 0 Å². The summed E-state index contributed by atoms with van der Waals surface area (Å²) in [5.41, 5.74) is 0.419. The summed E-state index contributed by atoms with van der Waals surface area (Å²) < 4.78 is 45.7. The van der Waals surface area contributed by atoms with Gasteiger partial charge in [-0.3, -0.25) is 10.1 Å². The van der Waals surface area contributed by atoms with Crippen LogP contribution in [-0.4, -0.2) is 40.9 Å². The van der Waals surface area contributed by atoms with E-state index in [2.05, 4.69) is 10.1 Å². The number of rotatable bonds is 5. The van der Waals surface area contributed by atoms with E-state index in [1.807, 2.05) is 0 Å². The Hall–Kier alpha value is -3.18. The quantitative estimate of drug-likeness (QED) is 0.448. The fourth-order valence-electron chi connectivity index (χ4n) is 3.37. The molecule has 1 aliphatic rings. The lowest BCUT2D eigenvalue weighted by atomic mass is 10.00. The third kappa shape index (κ3) is 3.94. The van der Waals surface area contributed by atoms with E-state index in [-0.39, 0.29) is 28.9 Å². The second kappa shape index (κ2) is 7.92. The second-order valence-corrected chi connectivity index (χ2v) is 8.85. The molecule has 0 N–H and O–H groups in total. The second-order valence-electron chi connectivity index (χ2n) is 6.92. The van der Waals surface area contributed by atoms with E-state index in [1.165, 1.54) is 52.8 Å². The number of halogens is 1. The van der Waals surface area contributed by atoms with Crippen LogP contribution in [0.25, 0.3) is 11.4 Å². The Labute approximate surface area is 171 Å². The molecule has 1 aromatic heterocycles. The number of benzene rings is 2. The predicted octanol–water partition coefficient (Wildman–Crippen LogP) is 3.35. The van der Waals surface area contributed by atoms with Crippen molar-refractivity contribution in [1.29, 1.82) is 0 Å². The number of hydrogen-bond acceptors (Lipinski definition) is 7. The van der Waals surface area contributed by atoms with Gasteiger partial charge in [0, 0.05) is 30.8 Å². The average Bonchev–Trinajstić information content (AvgIpc) is 3.25. The molecule has 4 rings (SSSR count). The minimum Gasteiger partial charge on any atom is -0.339 e. The lowest BCUT2D eigenvalue weighted by Gasteiger charge is -2.30. The highest BCUT2D eigenvalue weighted by atomic mass is 32.2. The number of nitro benzene ring substituents is 1. The molecule has 3 aromatic rings. The number of hydrogen-bond donors (Lipinski definition) is 0. The van der Waals surface area contributed by atoms with Crippen molar-refractivity contribution < 1.29 is 22.3 Å². The molecule has 1 fully saturated rings. The van der Waals surface area contributed by atoms with Crippen molar-refractivity contribution in [2.45, 2.75) is 23.7 Å². The van der Waals surface area contributed by atoms with Gasteiger partial charge in [-0.1, -0.05) is 5.16 Å². The average molecular weight is 432 g/mol. The molecule has 30 heavy (non-hydrogen) atoms. The molecule has 1 atom stereocenters. The summed E-state index contributed by atoms with van der Waals surface area (Å²) >= 11 is 0. The number of aromatic nitrogens is 2. The van der Waals surface area contributed by atoms with E-state index in [9.17, 15) is 22.9 Å². The summed E-state index contributed by atoms with van der Waals surface area (Å²) in [6, 6.07) is 10.5. The zero-order valence-corrected chi connectivity index (χ0v) is 16.5. The fraction of sp³-hybridized carbons (Fsp3) is 0.263. The highest BCUT2D eigenvalue weighted by Gasteiger charge is 2.33. The Morgan fingerprint density at radius 3 is 2.50 bits per heavy atom. The summed E-state index contributed by atoms with van der Waals surface area (Å²) in [4.78, 5) is 14.6. The largest absolute Gasteiger partial charge is 0.339 e. The van der Waals surface area contributed by atoms with Crippen molar-refractivity contribution in [2.75, 3.05) is 13.1 Å². The van der Waals surface area contributed by atoms with E-state index < -0.39 is 14.9 Å². The van der Waals surface area contributed by atoms with Crippen LogP contribution in [0.2, 0.25) is 0 Å². The van der Waals surface area contributed by atoms with Gasteiger partial charge in [0.1, 0.15) is 5.82 Å². The molecule has 0 radical (unpaired) electrons. The molecule has 2 heterocycles. The third-order valence-corrected chi connectivity index (χ3v) is 6.84. The van der Waals surface area contributed by atoms with Crippen LogP contribution in [0.15, 0.2) is 57.9 Å². The first kappa shape index (κ1) is 20.1. The molecule has 0 saturated carbocycles. The first-order valence-corrected chi connectivity index (χ1v) is 10.6. The molecule has 1 aliphatic heterocycles. The molecule has 2 aromatic carbocycles. The zero-order valence-electron chi connectivity index (χ0n) is 15.6. The number of piperidine rings is 1. The minimum absolute atomic E-state index is 0.00807. The Kier molecular flexibility index (Phi) is 5.31. The van der Waals surface area contributed by atoms with E-state index >= 15 is 0 Å². The Balaban J connectivity index is 1.53. The maximum Gasteiger partial charge on any atom is 0.269 e. The van der Waals surface area contributed by atoms with Crippen LogP contribution >= 0.6 is 0 Å². The van der Waals surface area contributed by atoms with E-state index in [1.54, 1.807) is 0 Å². The smallest absolute Gasteiger partial charge is 0.269 e. The summed E-state index contributed by atoms with van der Waals surface area (Å²) in [6.07, 6.45) is 1.28. The van der Waals surface area contributed by atoms with Crippen molar-refractivity contribution in [3.63, 3.8) is 0 Å². The molecule has 9 nitrogen and oxygen atoms in total. The van der Waals surface area contributed by atoms with Crippen molar-refractivity contribution >= 4 is 15.7 Å². The molecule has 0 amide bonds. The molecule has 156 valence electrons. The van der Waals surface area contributed by atoms with Crippen molar-refractivity contribution in [3.05, 3.63) is 70.4 Å². The van der Waals surface area contributed by atoms with Crippen LogP contribution in [0.5, 0.6) is 0 Å². The van der Waals surface area contributed by atoms with Gasteiger partial charge in [0.25, 0.3) is 5.69 Å². The van der Waals surface area contributed by atoms with E-state index in [0.717, 1.165) is 0 Å². The molecular formula is C19H17FN4O5S. The molecule has 0 bridgehead atoms. The summed E-state index contributed by atoms with van der Waals surface area (Å²) in [5, 5.41) is 14.7. The Morgan fingerprint density at radius 2 is 1.83 bits per heavy atom. The van der Waals surface area contributed by atoms with Crippen LogP contribution in [0.1, 0.15) is 24.7 Å². The van der Waals surface area contributed by atoms with Crippen LogP contribution < -0.4 is 0 Å². The maximum absolute atomic E-state index is 13.1. The van der Waals surface area contributed by atoms with Gasteiger partial charge in [-0.15, -0.1) is 0 Å². The van der Waals surface area contributed by atoms with Gasteiger partial charge < -0.3 is 4.52 Å². The van der Waals surface area contributed by atoms with Gasteiger partial charge in [0.05, 0.1) is 15.7 Å². The highest BCUT2D eigenvalue weighted by molar-refractivity contribution is 7.89. The fourth-order valence-corrected chi connectivity index (χ4v) is 4.89. The van der Waals surface area contributed by atoms with Gasteiger partial charge in [0.2, 0.25) is 21.7 Å². The molecule has 0 aliphatic carbocycles. The minimum atomic E-state index is -3.82. The first-order valence-electron chi connectivity index (χ1n) is 9.19. The van der Waals surface area contributed by atoms with Gasteiger partial charge in [-0.25, -0.2) is 12.8 Å². The SMILES string of the molecule is O=[N+]([O-])c1ccc(S(=O)(=O)N2CCC[C@@H](c3nc(-c4ccc(F)cc4)no3)C2)cc1. The van der Waals surface area contributed by atoms with Crippen molar-refractivity contribution in [2.24, 2.45) is 0 Å². The Morgan fingerprint density at radius 1 is 1.13 bits per heavy atom. The van der Waals surface area contributed by atoms with Crippen LogP contribution in [0.4, 0.5) is 10.1 Å². The Bertz CT molecular complexity index is 1160. The maximum atomic E-state index is 13.1. The predicted molar refractivity (Wildman–Crippen MR) is 104 cm³/mol. The van der Waals surface area contributed by atoms with Crippen LogP contribution in [0, 0.1) is 15.9 Å². The topological polar surface area (TPSA) is 119 Å². The molecule has 11 heteroatoms. The first-order chi connectivity index (χ1) is 14.3. The third-order valence-electron chi connectivity index (χ3n) is 4.96. The molecule has 0 spiro atoms. The zero-order chi connectivity index (χ0) is 21.3. The number of nitro groups is 1. The van der Waals surface area contributed by atoms with E-state index in [0.29, 0.717) is 36.7 Å². The van der Waals surface area contributed by atoms with Crippen molar-refractivity contribution in [1.82, 2.24) is 14.4 Å². The summed E-state index contributed by atoms with van der Waals surface area (Å²) in [5.74, 6) is -0.0339. The van der Waals surface area contributed by atoms with Gasteiger partial charge in [-0.2, -0.15) is 9.29 Å². The van der Waals surface area contributed by atoms with Crippen molar-refractivity contribution in [3.8, 4) is 11.4 Å². The number of non-ortho nitro benzene ring substituents is 1. The number of nitrogens with zero attached hydrogens (tertiary/aromatic N) is 4.